The summed E-state index contributed by atoms with van der Waals surface area (Å²) in [5, 5.41) is 9.71. The average molecular weight is 398 g/mol. The van der Waals surface area contributed by atoms with E-state index in [0.717, 1.165) is 25.0 Å². The Hall–Kier alpha value is -2.61. The molecule has 0 bridgehead atoms. The van der Waals surface area contributed by atoms with Crippen molar-refractivity contribution in [2.45, 2.75) is 31.5 Å². The lowest BCUT2D eigenvalue weighted by Crippen LogP contribution is -2.40. The summed E-state index contributed by atoms with van der Waals surface area (Å²) >= 11 is 1.36. The van der Waals surface area contributed by atoms with Crippen LogP contribution in [0.2, 0.25) is 0 Å². The van der Waals surface area contributed by atoms with E-state index in [-0.39, 0.29) is 11.5 Å². The summed E-state index contributed by atoms with van der Waals surface area (Å²) in [6.45, 7) is 7.91. The third-order valence-corrected chi connectivity index (χ3v) is 6.04. The summed E-state index contributed by atoms with van der Waals surface area (Å²) in [7, 11) is 0. The number of aromatic nitrogens is 4. The number of benzene rings is 1. The summed E-state index contributed by atoms with van der Waals surface area (Å²) in [6, 6.07) is 7.40. The molecule has 146 valence electrons. The lowest BCUT2D eigenvalue weighted by molar-refractivity contribution is -0.130. The quantitative estimate of drug-likeness (QED) is 0.489. The molecule has 2 aromatic heterocycles. The van der Waals surface area contributed by atoms with Crippen LogP contribution in [0.5, 0.6) is 0 Å². The smallest absolute Gasteiger partial charge is 0.263 e. The van der Waals surface area contributed by atoms with Gasteiger partial charge in [0.15, 0.2) is 5.16 Å². The summed E-state index contributed by atoms with van der Waals surface area (Å²) in [6.07, 6.45) is 3.90. The Morgan fingerprint density at radius 3 is 2.96 bits per heavy atom. The second-order valence-electron chi connectivity index (χ2n) is 7.22. The zero-order valence-corrected chi connectivity index (χ0v) is 16.7. The van der Waals surface area contributed by atoms with Gasteiger partial charge in [0.25, 0.3) is 5.56 Å². The molecule has 0 unspecified atom stereocenters. The third kappa shape index (κ3) is 3.32. The van der Waals surface area contributed by atoms with Gasteiger partial charge in [0, 0.05) is 19.6 Å². The molecule has 1 aromatic carbocycles. The first-order chi connectivity index (χ1) is 13.6. The Balaban J connectivity index is 1.69. The van der Waals surface area contributed by atoms with Crippen molar-refractivity contribution in [1.29, 1.82) is 0 Å². The number of thioether (sulfide) groups is 1. The third-order valence-electron chi connectivity index (χ3n) is 5.12. The first kappa shape index (κ1) is 18.7. The zero-order valence-electron chi connectivity index (χ0n) is 15.9. The fourth-order valence-electron chi connectivity index (χ4n) is 3.75. The molecular weight excluding hydrogens is 374 g/mol. The first-order valence-corrected chi connectivity index (χ1v) is 10.5. The summed E-state index contributed by atoms with van der Waals surface area (Å²) in [4.78, 5) is 27.4. The van der Waals surface area contributed by atoms with Crippen molar-refractivity contribution in [3.05, 3.63) is 47.3 Å². The van der Waals surface area contributed by atoms with Crippen LogP contribution >= 0.6 is 11.8 Å². The normalized spacial score (nSPS) is 17.3. The fraction of sp³-hybridized carbons (Fsp3) is 0.400. The van der Waals surface area contributed by atoms with Crippen molar-refractivity contribution < 1.29 is 4.79 Å². The lowest BCUT2D eigenvalue weighted by atomic mass is 10.0. The van der Waals surface area contributed by atoms with Crippen LogP contribution in [-0.4, -0.2) is 48.8 Å². The van der Waals surface area contributed by atoms with Crippen molar-refractivity contribution in [3.63, 3.8) is 0 Å². The molecule has 1 atom stereocenters. The van der Waals surface area contributed by atoms with Gasteiger partial charge in [0.1, 0.15) is 0 Å². The standard InChI is InChI=1S/C20H23N5O2S/c1-3-10-24-18(27)15-8-4-5-9-16(15)25-19(24)21-22-20(25)28-13-17(26)23-11-6-7-14(2)12-23/h3-5,8-9,14H,1,6-7,10-13H2,2H3/t14-/m0/s1. The Labute approximate surface area is 167 Å². The van der Waals surface area contributed by atoms with Crippen molar-refractivity contribution in [2.75, 3.05) is 18.8 Å². The van der Waals surface area contributed by atoms with Crippen molar-refractivity contribution in [2.24, 2.45) is 5.92 Å². The molecule has 0 saturated carbocycles. The molecule has 7 nitrogen and oxygen atoms in total. The highest BCUT2D eigenvalue weighted by Crippen LogP contribution is 2.23. The molecule has 1 amide bonds. The van der Waals surface area contributed by atoms with Crippen LogP contribution in [0.25, 0.3) is 16.7 Å². The number of allylic oxidation sites excluding steroid dienone is 1. The van der Waals surface area contributed by atoms with Crippen molar-refractivity contribution in [1.82, 2.24) is 24.1 Å². The van der Waals surface area contributed by atoms with Gasteiger partial charge in [-0.3, -0.25) is 18.6 Å². The number of piperidine rings is 1. The number of hydrogen-bond donors (Lipinski definition) is 0. The predicted molar refractivity (Wildman–Crippen MR) is 111 cm³/mol. The minimum Gasteiger partial charge on any atom is -0.342 e. The van der Waals surface area contributed by atoms with Crippen LogP contribution < -0.4 is 5.56 Å². The van der Waals surface area contributed by atoms with Crippen LogP contribution in [0, 0.1) is 5.92 Å². The second kappa shape index (κ2) is 7.79. The molecule has 0 aliphatic carbocycles. The van der Waals surface area contributed by atoms with Crippen LogP contribution in [0.15, 0.2) is 46.9 Å². The number of carbonyl (C=O) groups excluding carboxylic acids is 1. The number of fused-ring (bicyclic) bond motifs is 3. The summed E-state index contributed by atoms with van der Waals surface area (Å²) in [5.41, 5.74) is 0.625. The van der Waals surface area contributed by atoms with Gasteiger partial charge in [-0.2, -0.15) is 0 Å². The zero-order chi connectivity index (χ0) is 19.7. The minimum atomic E-state index is -0.120. The van der Waals surface area contributed by atoms with E-state index in [1.54, 1.807) is 16.7 Å². The fourth-order valence-corrected chi connectivity index (χ4v) is 4.60. The second-order valence-corrected chi connectivity index (χ2v) is 8.16. The monoisotopic (exact) mass is 397 g/mol. The van der Waals surface area contributed by atoms with Gasteiger partial charge in [-0.05, 0) is 30.9 Å². The number of nitrogens with zero attached hydrogens (tertiary/aromatic N) is 5. The van der Waals surface area contributed by atoms with Crippen LogP contribution in [0.3, 0.4) is 0 Å². The molecule has 1 aliphatic rings. The average Bonchev–Trinajstić information content (AvgIpc) is 3.13. The minimum absolute atomic E-state index is 0.120. The molecule has 0 radical (unpaired) electrons. The first-order valence-electron chi connectivity index (χ1n) is 9.48. The Kier molecular flexibility index (Phi) is 5.21. The molecule has 28 heavy (non-hydrogen) atoms. The van der Waals surface area contributed by atoms with E-state index in [2.05, 4.69) is 23.7 Å². The number of amides is 1. The largest absolute Gasteiger partial charge is 0.342 e. The molecule has 1 saturated heterocycles. The van der Waals surface area contributed by atoms with Crippen LogP contribution in [-0.2, 0) is 11.3 Å². The van der Waals surface area contributed by atoms with Gasteiger partial charge in [0.05, 0.1) is 16.7 Å². The van der Waals surface area contributed by atoms with E-state index in [1.165, 1.54) is 18.2 Å². The van der Waals surface area contributed by atoms with Gasteiger partial charge >= 0.3 is 0 Å². The van der Waals surface area contributed by atoms with Gasteiger partial charge in [-0.1, -0.05) is 36.9 Å². The van der Waals surface area contributed by atoms with Crippen LogP contribution in [0.1, 0.15) is 19.8 Å². The highest BCUT2D eigenvalue weighted by Gasteiger charge is 2.22. The molecule has 0 spiro atoms. The van der Waals surface area contributed by atoms with Gasteiger partial charge < -0.3 is 4.90 Å². The van der Waals surface area contributed by atoms with Gasteiger partial charge in [0.2, 0.25) is 11.7 Å². The molecule has 3 aromatic rings. The maximum Gasteiger partial charge on any atom is 0.263 e. The van der Waals surface area contributed by atoms with E-state index in [0.29, 0.717) is 34.5 Å². The number of carbonyl (C=O) groups is 1. The van der Waals surface area contributed by atoms with Crippen molar-refractivity contribution in [3.8, 4) is 0 Å². The number of hydrogen-bond acceptors (Lipinski definition) is 5. The van der Waals surface area contributed by atoms with E-state index >= 15 is 0 Å². The van der Waals surface area contributed by atoms with E-state index in [4.69, 9.17) is 0 Å². The maximum absolute atomic E-state index is 12.8. The Morgan fingerprint density at radius 2 is 2.18 bits per heavy atom. The molecule has 1 fully saturated rings. The summed E-state index contributed by atoms with van der Waals surface area (Å²) in [5.74, 6) is 1.44. The molecule has 4 rings (SSSR count). The lowest BCUT2D eigenvalue weighted by Gasteiger charge is -2.30. The molecule has 8 heteroatoms. The number of rotatable bonds is 5. The van der Waals surface area contributed by atoms with E-state index < -0.39 is 0 Å². The number of para-hydroxylation sites is 1. The van der Waals surface area contributed by atoms with Gasteiger partial charge in [-0.25, -0.2) is 0 Å². The maximum atomic E-state index is 12.8. The molecule has 3 heterocycles. The Morgan fingerprint density at radius 1 is 1.36 bits per heavy atom. The highest BCUT2D eigenvalue weighted by molar-refractivity contribution is 7.99. The highest BCUT2D eigenvalue weighted by atomic mass is 32.2. The topological polar surface area (TPSA) is 72.5 Å². The SMILES string of the molecule is C=CCn1c(=O)c2ccccc2n2c(SCC(=O)N3CCC[C@H](C)C3)nnc12. The van der Waals surface area contributed by atoms with E-state index in [9.17, 15) is 9.59 Å². The molecule has 1 aliphatic heterocycles. The van der Waals surface area contributed by atoms with Crippen LogP contribution in [0.4, 0.5) is 0 Å². The summed E-state index contributed by atoms with van der Waals surface area (Å²) < 4.78 is 3.41. The van der Waals surface area contributed by atoms with Gasteiger partial charge in [-0.15, -0.1) is 16.8 Å². The molecule has 0 N–H and O–H groups in total. The van der Waals surface area contributed by atoms with Crippen molar-refractivity contribution >= 4 is 34.3 Å². The van der Waals surface area contributed by atoms with E-state index in [1.807, 2.05) is 27.5 Å². The number of likely N-dealkylation sites (tertiary alicyclic amines) is 1. The Bertz CT molecular complexity index is 1100. The molecular formula is C20H23N5O2S. The predicted octanol–water partition coefficient (Wildman–Crippen LogP) is 2.58.